The first-order valence-corrected chi connectivity index (χ1v) is 8.68. The maximum Gasteiger partial charge on any atom is 0.352 e. The molecule has 0 aliphatic carbocycles. The van der Waals surface area contributed by atoms with E-state index in [2.05, 4.69) is 5.32 Å². The Morgan fingerprint density at radius 2 is 1.54 bits per heavy atom. The lowest BCUT2D eigenvalue weighted by Gasteiger charge is -2.10. The standard InChI is InChI=1S/C23H19NO4/c1-16-14-20(28-19-10-6-3-7-11-19)13-12-18(16)15-21(23(26)27)24-22(25)17-8-4-2-5-9-17/h2-15H,1H3,(H,24,25)(H,26,27)/b21-15-. The second-order valence-corrected chi connectivity index (χ2v) is 6.12. The largest absolute Gasteiger partial charge is 0.477 e. The third kappa shape index (κ3) is 4.86. The summed E-state index contributed by atoms with van der Waals surface area (Å²) in [5.41, 5.74) is 1.68. The number of aryl methyl sites for hydroxylation is 1. The average molecular weight is 373 g/mol. The molecule has 3 aromatic carbocycles. The number of hydrogen-bond acceptors (Lipinski definition) is 3. The summed E-state index contributed by atoms with van der Waals surface area (Å²) in [4.78, 5) is 23.8. The maximum absolute atomic E-state index is 12.3. The Hall–Kier alpha value is -3.86. The van der Waals surface area contributed by atoms with Gasteiger partial charge in [0.15, 0.2) is 0 Å². The Kier molecular flexibility index (Phi) is 5.87. The van der Waals surface area contributed by atoms with E-state index in [4.69, 9.17) is 4.74 Å². The van der Waals surface area contributed by atoms with Gasteiger partial charge in [0.05, 0.1) is 0 Å². The minimum Gasteiger partial charge on any atom is -0.477 e. The first-order valence-electron chi connectivity index (χ1n) is 8.68. The fraction of sp³-hybridized carbons (Fsp3) is 0.0435. The Bertz CT molecular complexity index is 1010. The van der Waals surface area contributed by atoms with Crippen LogP contribution in [0.3, 0.4) is 0 Å². The zero-order valence-electron chi connectivity index (χ0n) is 15.3. The summed E-state index contributed by atoms with van der Waals surface area (Å²) in [6, 6.07) is 23.2. The van der Waals surface area contributed by atoms with Crippen LogP contribution >= 0.6 is 0 Å². The third-order valence-electron chi connectivity index (χ3n) is 4.03. The highest BCUT2D eigenvalue weighted by atomic mass is 16.5. The fourth-order valence-corrected chi connectivity index (χ4v) is 2.59. The van der Waals surface area contributed by atoms with Crippen LogP contribution in [0.5, 0.6) is 11.5 Å². The van der Waals surface area contributed by atoms with Gasteiger partial charge in [-0.25, -0.2) is 4.79 Å². The number of benzene rings is 3. The van der Waals surface area contributed by atoms with Crippen LogP contribution < -0.4 is 10.1 Å². The van der Waals surface area contributed by atoms with Crippen LogP contribution in [-0.4, -0.2) is 17.0 Å². The second-order valence-electron chi connectivity index (χ2n) is 6.12. The number of ether oxygens (including phenoxy) is 1. The molecule has 5 heteroatoms. The average Bonchev–Trinajstić information content (AvgIpc) is 2.70. The second kappa shape index (κ2) is 8.68. The summed E-state index contributed by atoms with van der Waals surface area (Å²) < 4.78 is 5.78. The van der Waals surface area contributed by atoms with Crippen LogP contribution in [-0.2, 0) is 4.79 Å². The first-order chi connectivity index (χ1) is 13.5. The van der Waals surface area contributed by atoms with Gasteiger partial charge in [0.2, 0.25) is 0 Å². The van der Waals surface area contributed by atoms with E-state index >= 15 is 0 Å². The topological polar surface area (TPSA) is 75.6 Å². The van der Waals surface area contributed by atoms with Gasteiger partial charge in [0, 0.05) is 5.56 Å². The van der Waals surface area contributed by atoms with Gasteiger partial charge in [-0.2, -0.15) is 0 Å². The summed E-state index contributed by atoms with van der Waals surface area (Å²) >= 11 is 0. The lowest BCUT2D eigenvalue weighted by Crippen LogP contribution is -2.27. The molecule has 0 atom stereocenters. The number of aliphatic carboxylic acids is 1. The van der Waals surface area contributed by atoms with Crippen LogP contribution in [0.2, 0.25) is 0 Å². The Labute approximate surface area is 162 Å². The molecule has 0 radical (unpaired) electrons. The quantitative estimate of drug-likeness (QED) is 0.617. The number of amides is 1. The predicted octanol–water partition coefficient (Wildman–Crippen LogP) is 4.64. The van der Waals surface area contributed by atoms with Gasteiger partial charge in [-0.3, -0.25) is 4.79 Å². The molecule has 0 bridgehead atoms. The molecule has 0 saturated heterocycles. The Morgan fingerprint density at radius 3 is 2.14 bits per heavy atom. The molecule has 3 rings (SSSR count). The Balaban J connectivity index is 1.80. The Morgan fingerprint density at radius 1 is 0.893 bits per heavy atom. The minimum absolute atomic E-state index is 0.200. The molecule has 1 amide bonds. The van der Waals surface area contributed by atoms with Crippen molar-refractivity contribution in [2.75, 3.05) is 0 Å². The molecule has 0 heterocycles. The van der Waals surface area contributed by atoms with Crippen molar-refractivity contribution >= 4 is 18.0 Å². The lowest BCUT2D eigenvalue weighted by molar-refractivity contribution is -0.132. The molecule has 28 heavy (non-hydrogen) atoms. The van der Waals surface area contributed by atoms with E-state index in [-0.39, 0.29) is 5.70 Å². The van der Waals surface area contributed by atoms with Crippen molar-refractivity contribution in [2.45, 2.75) is 6.92 Å². The summed E-state index contributed by atoms with van der Waals surface area (Å²) in [6.45, 7) is 1.85. The van der Waals surface area contributed by atoms with Crippen LogP contribution in [0.15, 0.2) is 84.6 Å². The van der Waals surface area contributed by atoms with Crippen molar-refractivity contribution in [3.05, 3.63) is 101 Å². The van der Waals surface area contributed by atoms with Crippen molar-refractivity contribution in [3.8, 4) is 11.5 Å². The van der Waals surface area contributed by atoms with Crippen molar-refractivity contribution in [1.29, 1.82) is 0 Å². The molecule has 0 fully saturated rings. The molecular formula is C23H19NO4. The zero-order chi connectivity index (χ0) is 19.9. The highest BCUT2D eigenvalue weighted by Crippen LogP contribution is 2.24. The van der Waals surface area contributed by atoms with E-state index in [0.717, 1.165) is 5.56 Å². The smallest absolute Gasteiger partial charge is 0.352 e. The van der Waals surface area contributed by atoms with Gasteiger partial charge >= 0.3 is 5.97 Å². The number of carbonyl (C=O) groups excluding carboxylic acids is 1. The molecular weight excluding hydrogens is 354 g/mol. The van der Waals surface area contributed by atoms with Crippen molar-refractivity contribution in [1.82, 2.24) is 5.32 Å². The number of nitrogens with one attached hydrogen (secondary N) is 1. The normalized spacial score (nSPS) is 11.0. The summed E-state index contributed by atoms with van der Waals surface area (Å²) in [6.07, 6.45) is 1.44. The van der Waals surface area contributed by atoms with Crippen LogP contribution in [0.25, 0.3) is 6.08 Å². The van der Waals surface area contributed by atoms with E-state index in [9.17, 15) is 14.7 Å². The number of carbonyl (C=O) groups is 2. The summed E-state index contributed by atoms with van der Waals surface area (Å²) in [7, 11) is 0. The molecule has 2 N–H and O–H groups in total. The van der Waals surface area contributed by atoms with E-state index in [0.29, 0.717) is 22.6 Å². The third-order valence-corrected chi connectivity index (χ3v) is 4.03. The highest BCUT2D eigenvalue weighted by molar-refractivity contribution is 6.02. The molecule has 3 aromatic rings. The van der Waals surface area contributed by atoms with Gasteiger partial charge in [-0.15, -0.1) is 0 Å². The molecule has 0 unspecified atom stereocenters. The summed E-state index contributed by atoms with van der Waals surface area (Å²) in [5, 5.41) is 11.9. The number of hydrogen-bond donors (Lipinski definition) is 2. The fourth-order valence-electron chi connectivity index (χ4n) is 2.59. The number of carboxylic acids is 1. The molecule has 0 aliphatic rings. The van der Waals surface area contributed by atoms with Crippen LogP contribution in [0, 0.1) is 6.92 Å². The van der Waals surface area contributed by atoms with E-state index in [1.165, 1.54) is 6.08 Å². The summed E-state index contributed by atoms with van der Waals surface area (Å²) in [5.74, 6) is -0.332. The lowest BCUT2D eigenvalue weighted by atomic mass is 10.1. The monoisotopic (exact) mass is 373 g/mol. The van der Waals surface area contributed by atoms with Gasteiger partial charge in [0.1, 0.15) is 17.2 Å². The van der Waals surface area contributed by atoms with Crippen LogP contribution in [0.1, 0.15) is 21.5 Å². The zero-order valence-corrected chi connectivity index (χ0v) is 15.3. The van der Waals surface area contributed by atoms with Crippen LogP contribution in [0.4, 0.5) is 0 Å². The van der Waals surface area contributed by atoms with E-state index in [1.54, 1.807) is 42.5 Å². The molecule has 0 spiro atoms. The van der Waals surface area contributed by atoms with Gasteiger partial charge < -0.3 is 15.2 Å². The molecule has 0 saturated carbocycles. The van der Waals surface area contributed by atoms with E-state index < -0.39 is 11.9 Å². The molecule has 0 aromatic heterocycles. The molecule has 5 nitrogen and oxygen atoms in total. The number of carboxylic acid groups (broad SMARTS) is 1. The number of para-hydroxylation sites is 1. The number of rotatable bonds is 6. The van der Waals surface area contributed by atoms with Crippen molar-refractivity contribution in [2.24, 2.45) is 0 Å². The van der Waals surface area contributed by atoms with Crippen molar-refractivity contribution in [3.63, 3.8) is 0 Å². The van der Waals surface area contributed by atoms with Crippen molar-refractivity contribution < 1.29 is 19.4 Å². The van der Waals surface area contributed by atoms with Gasteiger partial charge in [-0.05, 0) is 60.5 Å². The SMILES string of the molecule is Cc1cc(Oc2ccccc2)ccc1/C=C(\NC(=O)c1ccccc1)C(=O)O. The first kappa shape index (κ1) is 18.9. The minimum atomic E-state index is -1.21. The van der Waals surface area contributed by atoms with E-state index in [1.807, 2.05) is 43.3 Å². The predicted molar refractivity (Wildman–Crippen MR) is 107 cm³/mol. The van der Waals surface area contributed by atoms with Gasteiger partial charge in [-0.1, -0.05) is 42.5 Å². The molecule has 140 valence electrons. The maximum atomic E-state index is 12.3. The molecule has 0 aliphatic heterocycles. The highest BCUT2D eigenvalue weighted by Gasteiger charge is 2.14. The van der Waals surface area contributed by atoms with Gasteiger partial charge in [0.25, 0.3) is 5.91 Å².